The highest BCUT2D eigenvalue weighted by Gasteiger charge is 2.11. The molecule has 4 rings (SSSR count). The first-order valence-electron chi connectivity index (χ1n) is 8.23. The Morgan fingerprint density at radius 2 is 1.92 bits per heavy atom. The minimum atomic E-state index is -0.0392. The van der Waals surface area contributed by atoms with E-state index in [0.29, 0.717) is 11.4 Å². The molecule has 126 valence electrons. The van der Waals surface area contributed by atoms with E-state index in [1.54, 1.807) is 22.2 Å². The first kappa shape index (κ1) is 15.9. The highest BCUT2D eigenvalue weighted by molar-refractivity contribution is 7.98. The Morgan fingerprint density at radius 1 is 1.08 bits per heavy atom. The highest BCUT2D eigenvalue weighted by atomic mass is 32.2. The van der Waals surface area contributed by atoms with Crippen LogP contribution >= 0.6 is 11.8 Å². The average Bonchev–Trinajstić information content (AvgIpc) is 2.97. The van der Waals surface area contributed by atoms with Gasteiger partial charge in [0, 0.05) is 24.1 Å². The Hall–Kier alpha value is -2.60. The molecule has 5 nitrogen and oxygen atoms in total. The molecule has 4 aromatic rings. The van der Waals surface area contributed by atoms with Crippen molar-refractivity contribution in [2.75, 3.05) is 0 Å². The zero-order valence-electron chi connectivity index (χ0n) is 14.1. The van der Waals surface area contributed by atoms with Crippen LogP contribution in [0.25, 0.3) is 16.7 Å². The number of pyridine rings is 1. The SMILES string of the molecule is CCn1c(SCc2cc(=O)n3c(C)cccc3n2)nc2ccccc21. The monoisotopic (exact) mass is 350 g/mol. The zero-order valence-corrected chi connectivity index (χ0v) is 15.0. The third-order valence-electron chi connectivity index (χ3n) is 4.22. The van der Waals surface area contributed by atoms with Crippen LogP contribution in [0.5, 0.6) is 0 Å². The zero-order chi connectivity index (χ0) is 17.4. The summed E-state index contributed by atoms with van der Waals surface area (Å²) in [5.74, 6) is 0.614. The second-order valence-electron chi connectivity index (χ2n) is 5.86. The molecular weight excluding hydrogens is 332 g/mol. The fourth-order valence-electron chi connectivity index (χ4n) is 3.05. The number of aromatic nitrogens is 4. The van der Waals surface area contributed by atoms with Gasteiger partial charge in [-0.15, -0.1) is 0 Å². The molecule has 0 bridgehead atoms. The minimum Gasteiger partial charge on any atom is -0.319 e. The van der Waals surface area contributed by atoms with E-state index in [9.17, 15) is 4.79 Å². The number of fused-ring (bicyclic) bond motifs is 2. The van der Waals surface area contributed by atoms with Gasteiger partial charge in [0.05, 0.1) is 16.7 Å². The predicted molar refractivity (Wildman–Crippen MR) is 101 cm³/mol. The van der Waals surface area contributed by atoms with E-state index >= 15 is 0 Å². The molecule has 0 aliphatic heterocycles. The van der Waals surface area contributed by atoms with Crippen molar-refractivity contribution in [1.82, 2.24) is 18.9 Å². The molecule has 6 heteroatoms. The summed E-state index contributed by atoms with van der Waals surface area (Å²) in [6.45, 7) is 4.88. The number of nitrogens with zero attached hydrogens (tertiary/aromatic N) is 4. The molecule has 3 heterocycles. The van der Waals surface area contributed by atoms with Gasteiger partial charge < -0.3 is 4.57 Å². The predicted octanol–water partition coefficient (Wildman–Crippen LogP) is 3.66. The number of thioether (sulfide) groups is 1. The van der Waals surface area contributed by atoms with Gasteiger partial charge in [0.25, 0.3) is 5.56 Å². The average molecular weight is 350 g/mol. The van der Waals surface area contributed by atoms with Crippen LogP contribution in [-0.4, -0.2) is 18.9 Å². The summed E-state index contributed by atoms with van der Waals surface area (Å²) in [6, 6.07) is 15.4. The molecule has 0 saturated carbocycles. The van der Waals surface area contributed by atoms with Crippen molar-refractivity contribution in [1.29, 1.82) is 0 Å². The molecule has 1 aromatic carbocycles. The van der Waals surface area contributed by atoms with Crippen molar-refractivity contribution in [3.8, 4) is 0 Å². The Balaban J connectivity index is 1.68. The normalized spacial score (nSPS) is 11.4. The highest BCUT2D eigenvalue weighted by Crippen LogP contribution is 2.26. The number of benzene rings is 1. The molecule has 0 spiro atoms. The summed E-state index contributed by atoms with van der Waals surface area (Å²) in [7, 11) is 0. The van der Waals surface area contributed by atoms with Crippen LogP contribution in [0.1, 0.15) is 18.3 Å². The standard InChI is InChI=1S/C19H18N4OS/c1-3-22-16-9-5-4-8-15(16)21-19(22)25-12-14-11-18(24)23-13(2)7-6-10-17(23)20-14/h4-11H,3,12H2,1-2H3. The lowest BCUT2D eigenvalue weighted by molar-refractivity contribution is 0.702. The Bertz CT molecular complexity index is 1130. The maximum atomic E-state index is 12.4. The van der Waals surface area contributed by atoms with Crippen LogP contribution in [0.3, 0.4) is 0 Å². The van der Waals surface area contributed by atoms with Crippen LogP contribution in [0.15, 0.2) is 58.5 Å². The van der Waals surface area contributed by atoms with E-state index in [-0.39, 0.29) is 5.56 Å². The van der Waals surface area contributed by atoms with Gasteiger partial charge in [0.1, 0.15) is 5.65 Å². The van der Waals surface area contributed by atoms with Crippen molar-refractivity contribution in [2.24, 2.45) is 0 Å². The first-order valence-corrected chi connectivity index (χ1v) is 9.22. The van der Waals surface area contributed by atoms with E-state index < -0.39 is 0 Å². The van der Waals surface area contributed by atoms with E-state index in [1.807, 2.05) is 43.3 Å². The van der Waals surface area contributed by atoms with Gasteiger partial charge in [-0.05, 0) is 38.1 Å². The maximum absolute atomic E-state index is 12.4. The summed E-state index contributed by atoms with van der Waals surface area (Å²) < 4.78 is 3.83. The number of imidazole rings is 1. The molecule has 0 aliphatic carbocycles. The van der Waals surface area contributed by atoms with Gasteiger partial charge in [-0.2, -0.15) is 0 Å². The van der Waals surface area contributed by atoms with Crippen molar-refractivity contribution < 1.29 is 0 Å². The lowest BCUT2D eigenvalue weighted by atomic mass is 10.3. The molecule has 0 N–H and O–H groups in total. The number of para-hydroxylation sites is 2. The Kier molecular flexibility index (Phi) is 4.05. The quantitative estimate of drug-likeness (QED) is 0.527. The smallest absolute Gasteiger partial charge is 0.258 e. The van der Waals surface area contributed by atoms with Crippen molar-refractivity contribution >= 4 is 28.4 Å². The van der Waals surface area contributed by atoms with E-state index in [2.05, 4.69) is 22.5 Å². The van der Waals surface area contributed by atoms with Crippen molar-refractivity contribution in [2.45, 2.75) is 31.3 Å². The summed E-state index contributed by atoms with van der Waals surface area (Å²) in [6.07, 6.45) is 0. The van der Waals surface area contributed by atoms with Crippen LogP contribution in [0.4, 0.5) is 0 Å². The second-order valence-corrected chi connectivity index (χ2v) is 6.81. The van der Waals surface area contributed by atoms with Crippen molar-refractivity contribution in [3.05, 3.63) is 70.3 Å². The second kappa shape index (κ2) is 6.37. The largest absolute Gasteiger partial charge is 0.319 e. The molecule has 0 amide bonds. The summed E-state index contributed by atoms with van der Waals surface area (Å²) in [4.78, 5) is 21.7. The maximum Gasteiger partial charge on any atom is 0.258 e. The molecule has 3 aromatic heterocycles. The van der Waals surface area contributed by atoms with Gasteiger partial charge in [-0.1, -0.05) is 30.0 Å². The van der Waals surface area contributed by atoms with E-state index in [4.69, 9.17) is 4.98 Å². The van der Waals surface area contributed by atoms with Crippen LogP contribution in [0.2, 0.25) is 0 Å². The molecule has 25 heavy (non-hydrogen) atoms. The van der Waals surface area contributed by atoms with E-state index in [0.717, 1.165) is 34.1 Å². The van der Waals surface area contributed by atoms with Gasteiger partial charge in [0.15, 0.2) is 5.16 Å². The fourth-order valence-corrected chi connectivity index (χ4v) is 4.02. The van der Waals surface area contributed by atoms with Gasteiger partial charge in [-0.25, -0.2) is 9.97 Å². The minimum absolute atomic E-state index is 0.0392. The van der Waals surface area contributed by atoms with Gasteiger partial charge >= 0.3 is 0 Å². The van der Waals surface area contributed by atoms with Crippen LogP contribution < -0.4 is 5.56 Å². The Labute approximate surface area is 149 Å². The molecule has 0 radical (unpaired) electrons. The number of hydrogen-bond acceptors (Lipinski definition) is 4. The topological polar surface area (TPSA) is 52.2 Å². The lowest BCUT2D eigenvalue weighted by Crippen LogP contribution is -2.17. The van der Waals surface area contributed by atoms with Crippen LogP contribution in [0, 0.1) is 6.92 Å². The molecule has 0 atom stereocenters. The molecule has 0 unspecified atom stereocenters. The first-order chi connectivity index (χ1) is 12.2. The summed E-state index contributed by atoms with van der Waals surface area (Å²) in [5.41, 5.74) is 4.44. The van der Waals surface area contributed by atoms with E-state index in [1.165, 1.54) is 0 Å². The molecular formula is C19H18N4OS. The number of hydrogen-bond donors (Lipinski definition) is 0. The summed E-state index contributed by atoms with van der Waals surface area (Å²) >= 11 is 1.61. The van der Waals surface area contributed by atoms with Gasteiger partial charge in [-0.3, -0.25) is 9.20 Å². The Morgan fingerprint density at radius 3 is 2.76 bits per heavy atom. The molecule has 0 fully saturated rings. The summed E-state index contributed by atoms with van der Waals surface area (Å²) in [5, 5.41) is 0.954. The van der Waals surface area contributed by atoms with Gasteiger partial charge in [0.2, 0.25) is 0 Å². The molecule has 0 aliphatic rings. The third-order valence-corrected chi connectivity index (χ3v) is 5.23. The number of rotatable bonds is 4. The molecule has 0 saturated heterocycles. The lowest BCUT2D eigenvalue weighted by Gasteiger charge is -2.07. The number of aryl methyl sites for hydroxylation is 2. The van der Waals surface area contributed by atoms with Crippen LogP contribution in [-0.2, 0) is 12.3 Å². The third kappa shape index (κ3) is 2.82. The van der Waals surface area contributed by atoms with Crippen molar-refractivity contribution in [3.63, 3.8) is 0 Å². The fraction of sp³-hybridized carbons (Fsp3) is 0.211.